The van der Waals surface area contributed by atoms with E-state index in [9.17, 15) is 23.1 Å². The number of benzene rings is 3. The second-order valence-corrected chi connectivity index (χ2v) is 13.2. The van der Waals surface area contributed by atoms with Gasteiger partial charge in [0.25, 0.3) is 5.91 Å². The topological polar surface area (TPSA) is 128 Å². The smallest absolute Gasteiger partial charge is 0.252 e. The SMILES string of the molecule is C#CCCC(=O)N(NC(=O)CNCc1ccccc1)[C@@H](Cc1ccccc1)[C@H](O)CN(CC(C)C)S(=O)(=O)c1ccc(OC)cc1. The third kappa shape index (κ3) is 11.0. The number of hydrogen-bond donors (Lipinski definition) is 3. The average molecular weight is 649 g/mol. The molecule has 0 radical (unpaired) electrons. The van der Waals surface area contributed by atoms with Crippen molar-refractivity contribution in [1.82, 2.24) is 20.1 Å². The van der Waals surface area contributed by atoms with E-state index >= 15 is 0 Å². The number of methoxy groups -OCH3 is 1. The van der Waals surface area contributed by atoms with Crippen LogP contribution in [0.3, 0.4) is 0 Å². The summed E-state index contributed by atoms with van der Waals surface area (Å²) >= 11 is 0. The number of ether oxygens (including phenoxy) is 1. The standard InChI is InChI=1S/C35H44N4O6S/c1-5-6-17-35(42)39(37-34(41)24-36-23-29-15-11-8-12-16-29)32(22-28-13-9-7-10-14-28)33(40)26-38(25-27(2)3)46(43,44)31-20-18-30(45-4)19-21-31/h1,7-16,18-21,27,32-33,36,40H,6,17,22-26H2,2-4H3,(H,37,41)/t32-,33+/m0/s1. The van der Waals surface area contributed by atoms with Crippen LogP contribution in [0.4, 0.5) is 0 Å². The van der Waals surface area contributed by atoms with Gasteiger partial charge in [0.2, 0.25) is 15.9 Å². The van der Waals surface area contributed by atoms with Gasteiger partial charge in [-0.1, -0.05) is 74.5 Å². The Kier molecular flexibility index (Phi) is 14.2. The van der Waals surface area contributed by atoms with Gasteiger partial charge in [-0.3, -0.25) is 15.0 Å². The van der Waals surface area contributed by atoms with E-state index in [1.54, 1.807) is 12.1 Å². The third-order valence-electron chi connectivity index (χ3n) is 7.17. The Balaban J connectivity index is 1.92. The lowest BCUT2D eigenvalue weighted by molar-refractivity contribution is -0.147. The van der Waals surface area contributed by atoms with Crippen molar-refractivity contribution in [2.24, 2.45) is 5.92 Å². The molecule has 10 nitrogen and oxygen atoms in total. The molecule has 0 heterocycles. The lowest BCUT2D eigenvalue weighted by Crippen LogP contribution is -2.60. The quantitative estimate of drug-likeness (QED) is 0.151. The molecule has 0 spiro atoms. The number of sulfonamides is 1. The molecule has 3 rings (SSSR count). The molecule has 3 aromatic carbocycles. The molecule has 0 aliphatic carbocycles. The summed E-state index contributed by atoms with van der Waals surface area (Å²) in [5, 5.41) is 16.0. The fourth-order valence-corrected chi connectivity index (χ4v) is 6.50. The molecule has 3 N–H and O–H groups in total. The second-order valence-electron chi connectivity index (χ2n) is 11.3. The fraction of sp³-hybridized carbons (Fsp3) is 0.371. The monoisotopic (exact) mass is 648 g/mol. The molecular weight excluding hydrogens is 604 g/mol. The molecule has 0 aliphatic rings. The first-order chi connectivity index (χ1) is 22.0. The minimum Gasteiger partial charge on any atom is -0.497 e. The zero-order chi connectivity index (χ0) is 33.5. The zero-order valence-corrected chi connectivity index (χ0v) is 27.4. The van der Waals surface area contributed by atoms with Crippen LogP contribution in [-0.4, -0.2) is 73.5 Å². The highest BCUT2D eigenvalue weighted by Gasteiger charge is 2.35. The summed E-state index contributed by atoms with van der Waals surface area (Å²) in [6, 6.07) is 23.7. The predicted molar refractivity (Wildman–Crippen MR) is 178 cm³/mol. The molecule has 0 saturated carbocycles. The largest absolute Gasteiger partial charge is 0.497 e. The predicted octanol–water partition coefficient (Wildman–Crippen LogP) is 3.38. The Morgan fingerprint density at radius 1 is 0.935 bits per heavy atom. The molecular formula is C35H44N4O6S. The number of hydrogen-bond acceptors (Lipinski definition) is 7. The Morgan fingerprint density at radius 3 is 2.11 bits per heavy atom. The number of hydrazine groups is 1. The van der Waals surface area contributed by atoms with Gasteiger partial charge in [-0.05, 0) is 47.7 Å². The van der Waals surface area contributed by atoms with E-state index in [1.807, 2.05) is 74.5 Å². The van der Waals surface area contributed by atoms with Crippen LogP contribution in [0.15, 0.2) is 89.8 Å². The zero-order valence-electron chi connectivity index (χ0n) is 26.6. The molecule has 0 saturated heterocycles. The third-order valence-corrected chi connectivity index (χ3v) is 9.02. The van der Waals surface area contributed by atoms with Crippen molar-refractivity contribution in [2.45, 2.75) is 56.7 Å². The molecule has 11 heteroatoms. The molecule has 46 heavy (non-hydrogen) atoms. The Labute approximate surface area is 272 Å². The highest BCUT2D eigenvalue weighted by atomic mass is 32.2. The maximum Gasteiger partial charge on any atom is 0.252 e. The Hall–Kier alpha value is -4.21. The van der Waals surface area contributed by atoms with Crippen molar-refractivity contribution in [3.63, 3.8) is 0 Å². The molecule has 0 fully saturated rings. The van der Waals surface area contributed by atoms with Crippen LogP contribution in [0.25, 0.3) is 0 Å². The van der Waals surface area contributed by atoms with Gasteiger partial charge in [-0.2, -0.15) is 4.31 Å². The van der Waals surface area contributed by atoms with Crippen molar-refractivity contribution < 1.29 is 27.9 Å². The lowest BCUT2D eigenvalue weighted by Gasteiger charge is -2.37. The van der Waals surface area contributed by atoms with Gasteiger partial charge in [0.05, 0.1) is 30.7 Å². The van der Waals surface area contributed by atoms with Gasteiger partial charge in [0.15, 0.2) is 0 Å². The molecule has 2 atom stereocenters. The van der Waals surface area contributed by atoms with Crippen molar-refractivity contribution in [3.05, 3.63) is 96.1 Å². The summed E-state index contributed by atoms with van der Waals surface area (Å²) in [5.74, 6) is 1.88. The van der Waals surface area contributed by atoms with Crippen LogP contribution in [-0.2, 0) is 32.6 Å². The lowest BCUT2D eigenvalue weighted by atomic mass is 9.99. The van der Waals surface area contributed by atoms with Gasteiger partial charge in [-0.25, -0.2) is 13.4 Å². The van der Waals surface area contributed by atoms with Crippen LogP contribution in [0.5, 0.6) is 5.75 Å². The summed E-state index contributed by atoms with van der Waals surface area (Å²) < 4.78 is 34.1. The van der Waals surface area contributed by atoms with E-state index in [0.29, 0.717) is 12.3 Å². The first-order valence-electron chi connectivity index (χ1n) is 15.2. The van der Waals surface area contributed by atoms with Crippen LogP contribution < -0.4 is 15.5 Å². The highest BCUT2D eigenvalue weighted by Crippen LogP contribution is 2.23. The number of aliphatic hydroxyl groups is 1. The number of aliphatic hydroxyl groups excluding tert-OH is 1. The summed E-state index contributed by atoms with van der Waals surface area (Å²) in [7, 11) is -2.56. The maximum absolute atomic E-state index is 13.8. The number of carbonyl (C=O) groups excluding carboxylic acids is 2. The molecule has 246 valence electrons. The van der Waals surface area contributed by atoms with Gasteiger partial charge < -0.3 is 15.2 Å². The molecule has 2 amide bonds. The van der Waals surface area contributed by atoms with Gasteiger partial charge in [0.1, 0.15) is 5.75 Å². The van der Waals surface area contributed by atoms with Crippen LogP contribution in [0.1, 0.15) is 37.8 Å². The number of nitrogens with one attached hydrogen (secondary N) is 2. The van der Waals surface area contributed by atoms with Crippen molar-refractivity contribution in [3.8, 4) is 18.1 Å². The number of nitrogens with zero attached hydrogens (tertiary/aromatic N) is 2. The molecule has 0 aliphatic heterocycles. The van der Waals surface area contributed by atoms with Crippen molar-refractivity contribution in [1.29, 1.82) is 0 Å². The number of rotatable bonds is 17. The van der Waals surface area contributed by atoms with Crippen molar-refractivity contribution >= 4 is 21.8 Å². The first kappa shape index (κ1) is 36.3. The number of terminal acetylenes is 1. The Bertz CT molecular complexity index is 1530. The van der Waals surface area contributed by atoms with E-state index in [0.717, 1.165) is 16.1 Å². The summed E-state index contributed by atoms with van der Waals surface area (Å²) in [6.07, 6.45) is 4.24. The Morgan fingerprint density at radius 2 is 1.54 bits per heavy atom. The van der Waals surface area contributed by atoms with E-state index in [1.165, 1.54) is 23.5 Å². The van der Waals surface area contributed by atoms with E-state index in [-0.39, 0.29) is 49.7 Å². The number of carbonyl (C=O) groups is 2. The van der Waals surface area contributed by atoms with E-state index in [2.05, 4.69) is 16.7 Å². The molecule has 0 aromatic heterocycles. The normalized spacial score (nSPS) is 12.7. The summed E-state index contributed by atoms with van der Waals surface area (Å²) in [5.41, 5.74) is 4.45. The first-order valence-corrected chi connectivity index (χ1v) is 16.6. The van der Waals surface area contributed by atoms with Gasteiger partial charge in [0, 0.05) is 32.5 Å². The maximum atomic E-state index is 13.8. The highest BCUT2D eigenvalue weighted by molar-refractivity contribution is 7.89. The van der Waals surface area contributed by atoms with Crippen LogP contribution in [0, 0.1) is 18.3 Å². The summed E-state index contributed by atoms with van der Waals surface area (Å²) in [6.45, 7) is 3.87. The summed E-state index contributed by atoms with van der Waals surface area (Å²) in [4.78, 5) is 26.8. The fourth-order valence-electron chi connectivity index (χ4n) is 4.88. The minimum absolute atomic E-state index is 0.0421. The van der Waals surface area contributed by atoms with E-state index in [4.69, 9.17) is 11.2 Å². The number of amides is 2. The molecule has 0 bridgehead atoms. The van der Waals surface area contributed by atoms with Crippen molar-refractivity contribution in [2.75, 3.05) is 26.7 Å². The van der Waals surface area contributed by atoms with Crippen LogP contribution in [0.2, 0.25) is 0 Å². The second kappa shape index (κ2) is 18.1. The van der Waals surface area contributed by atoms with E-state index < -0.39 is 34.0 Å². The molecule has 3 aromatic rings. The van der Waals surface area contributed by atoms with Gasteiger partial charge in [-0.15, -0.1) is 12.3 Å². The average Bonchev–Trinajstić information content (AvgIpc) is 3.05. The minimum atomic E-state index is -4.05. The van der Waals surface area contributed by atoms with Gasteiger partial charge >= 0.3 is 0 Å². The molecule has 0 unspecified atom stereocenters. The van der Waals surface area contributed by atoms with Crippen LogP contribution >= 0.6 is 0 Å².